The zero-order valence-electron chi connectivity index (χ0n) is 16.0. The molecule has 0 fully saturated rings. The van der Waals surface area contributed by atoms with Crippen LogP contribution in [0.15, 0.2) is 55.0 Å². The van der Waals surface area contributed by atoms with Gasteiger partial charge in [0.05, 0.1) is 23.6 Å². The lowest BCUT2D eigenvalue weighted by atomic mass is 10.2. The van der Waals surface area contributed by atoms with Crippen LogP contribution in [-0.4, -0.2) is 41.6 Å². The van der Waals surface area contributed by atoms with Gasteiger partial charge in [0.1, 0.15) is 11.5 Å². The Morgan fingerprint density at radius 3 is 2.61 bits per heavy atom. The number of hydrogen-bond donors (Lipinski definition) is 0. The first-order valence-corrected chi connectivity index (χ1v) is 9.50. The fraction of sp³-hybridized carbons (Fsp3) is 0.100. The molecule has 0 saturated heterocycles. The quantitative estimate of drug-likeness (QED) is 0.408. The van der Waals surface area contributed by atoms with E-state index in [0.717, 1.165) is 10.9 Å². The highest BCUT2D eigenvalue weighted by atomic mass is 35.5. The molecule has 0 bridgehead atoms. The van der Waals surface area contributed by atoms with E-state index in [1.165, 1.54) is 12.3 Å². The van der Waals surface area contributed by atoms with Crippen molar-refractivity contribution in [3.63, 3.8) is 0 Å². The Bertz CT molecular complexity index is 1400. The number of fused-ring (bicyclic) bond motifs is 3. The van der Waals surface area contributed by atoms with Crippen LogP contribution in [0.25, 0.3) is 27.9 Å². The highest BCUT2D eigenvalue weighted by Gasteiger charge is 2.18. The van der Waals surface area contributed by atoms with E-state index in [2.05, 4.69) is 30.1 Å². The van der Waals surface area contributed by atoms with Crippen molar-refractivity contribution in [3.8, 4) is 11.3 Å². The summed E-state index contributed by atoms with van der Waals surface area (Å²) < 4.78 is 27.2. The van der Waals surface area contributed by atoms with Crippen molar-refractivity contribution >= 4 is 39.9 Å². The molecule has 5 rings (SSSR count). The molecular formula is C20H13ClF2N8. The van der Waals surface area contributed by atoms with Gasteiger partial charge in [-0.05, 0) is 35.9 Å². The number of pyridine rings is 1. The number of aromatic nitrogens is 7. The summed E-state index contributed by atoms with van der Waals surface area (Å²) in [4.78, 5) is 19.0. The van der Waals surface area contributed by atoms with Crippen LogP contribution in [0, 0.1) is 0 Å². The van der Waals surface area contributed by atoms with Gasteiger partial charge in [0, 0.05) is 24.2 Å². The summed E-state index contributed by atoms with van der Waals surface area (Å²) >= 11 is 6.18. The molecule has 0 amide bonds. The van der Waals surface area contributed by atoms with Crippen LogP contribution in [0.2, 0.25) is 5.28 Å². The van der Waals surface area contributed by atoms with Gasteiger partial charge in [-0.3, -0.25) is 9.97 Å². The molecule has 0 saturated carbocycles. The average molecular weight is 439 g/mol. The largest absolute Gasteiger partial charge is 0.312 e. The normalized spacial score (nSPS) is 11.5. The summed E-state index contributed by atoms with van der Waals surface area (Å²) in [5, 5.41) is 8.96. The van der Waals surface area contributed by atoms with Crippen LogP contribution >= 0.6 is 11.6 Å². The molecule has 11 heteroatoms. The second-order valence-corrected chi connectivity index (χ2v) is 6.99. The molecule has 8 nitrogen and oxygen atoms in total. The van der Waals surface area contributed by atoms with E-state index >= 15 is 0 Å². The number of para-hydroxylation sites is 1. The molecule has 31 heavy (non-hydrogen) atoms. The van der Waals surface area contributed by atoms with Gasteiger partial charge in [0.15, 0.2) is 5.82 Å². The average Bonchev–Trinajstić information content (AvgIpc) is 3.19. The Morgan fingerprint density at radius 2 is 1.84 bits per heavy atom. The maximum Gasteiger partial charge on any atom is 0.280 e. The lowest BCUT2D eigenvalue weighted by Crippen LogP contribution is -2.15. The summed E-state index contributed by atoms with van der Waals surface area (Å²) in [6, 6.07) is 10.4. The van der Waals surface area contributed by atoms with E-state index in [4.69, 9.17) is 11.6 Å². The Balaban J connectivity index is 1.60. The Hall–Kier alpha value is -3.79. The second-order valence-electron chi connectivity index (χ2n) is 6.65. The van der Waals surface area contributed by atoms with E-state index in [1.807, 2.05) is 24.3 Å². The van der Waals surface area contributed by atoms with Crippen LogP contribution in [-0.2, 0) is 0 Å². The van der Waals surface area contributed by atoms with Crippen molar-refractivity contribution in [2.24, 2.45) is 0 Å². The van der Waals surface area contributed by atoms with Gasteiger partial charge in [0.2, 0.25) is 5.28 Å². The number of anilines is 2. The number of nitrogens with zero attached hydrogens (tertiary/aromatic N) is 8. The molecule has 0 spiro atoms. The predicted molar refractivity (Wildman–Crippen MR) is 112 cm³/mol. The van der Waals surface area contributed by atoms with Crippen LogP contribution < -0.4 is 4.90 Å². The molecule has 0 unspecified atom stereocenters. The first-order valence-electron chi connectivity index (χ1n) is 9.12. The van der Waals surface area contributed by atoms with Crippen molar-refractivity contribution in [2.75, 3.05) is 11.9 Å². The summed E-state index contributed by atoms with van der Waals surface area (Å²) in [7, 11) is 1.80. The monoisotopic (exact) mass is 438 g/mol. The van der Waals surface area contributed by atoms with Crippen molar-refractivity contribution in [1.29, 1.82) is 0 Å². The molecule has 1 aromatic carbocycles. The number of rotatable bonds is 4. The van der Waals surface area contributed by atoms with Crippen molar-refractivity contribution in [2.45, 2.75) is 6.43 Å². The smallest absolute Gasteiger partial charge is 0.280 e. The Labute approximate surface area is 179 Å². The SMILES string of the molecule is CN(c1cncc(-c2ccc(C(F)F)nc2)n1)c1nc2nnc(Cl)n2c2ccccc12. The van der Waals surface area contributed by atoms with Crippen LogP contribution in [0.3, 0.4) is 0 Å². The van der Waals surface area contributed by atoms with E-state index in [0.29, 0.717) is 28.7 Å². The number of hydrogen-bond acceptors (Lipinski definition) is 7. The van der Waals surface area contributed by atoms with Crippen LogP contribution in [0.1, 0.15) is 12.1 Å². The fourth-order valence-corrected chi connectivity index (χ4v) is 3.46. The molecular weight excluding hydrogens is 426 g/mol. The van der Waals surface area contributed by atoms with Crippen molar-refractivity contribution in [1.82, 2.24) is 34.5 Å². The highest BCUT2D eigenvalue weighted by Crippen LogP contribution is 2.31. The zero-order chi connectivity index (χ0) is 21.5. The third kappa shape index (κ3) is 3.30. The summed E-state index contributed by atoms with van der Waals surface area (Å²) in [5.74, 6) is 1.44. The van der Waals surface area contributed by atoms with Gasteiger partial charge >= 0.3 is 0 Å². The lowest BCUT2D eigenvalue weighted by molar-refractivity contribution is 0.146. The van der Waals surface area contributed by atoms with Gasteiger partial charge < -0.3 is 4.90 Å². The maximum absolute atomic E-state index is 12.8. The third-order valence-corrected chi connectivity index (χ3v) is 5.03. The first-order chi connectivity index (χ1) is 15.0. The number of alkyl halides is 2. The molecule has 4 heterocycles. The summed E-state index contributed by atoms with van der Waals surface area (Å²) in [5.41, 5.74) is 1.57. The minimum absolute atomic E-state index is 0.217. The van der Waals surface area contributed by atoms with Gasteiger partial charge in [-0.25, -0.2) is 18.2 Å². The van der Waals surface area contributed by atoms with Crippen LogP contribution in [0.5, 0.6) is 0 Å². The zero-order valence-corrected chi connectivity index (χ0v) is 16.7. The first kappa shape index (κ1) is 19.2. The minimum Gasteiger partial charge on any atom is -0.312 e. The predicted octanol–water partition coefficient (Wildman–Crippen LogP) is 4.49. The highest BCUT2D eigenvalue weighted by molar-refractivity contribution is 6.29. The number of benzene rings is 1. The molecule has 0 radical (unpaired) electrons. The van der Waals surface area contributed by atoms with Crippen molar-refractivity contribution < 1.29 is 8.78 Å². The molecule has 154 valence electrons. The van der Waals surface area contributed by atoms with Gasteiger partial charge in [-0.2, -0.15) is 4.98 Å². The van der Waals surface area contributed by atoms with Gasteiger partial charge in [-0.1, -0.05) is 12.1 Å². The minimum atomic E-state index is -2.63. The molecule has 0 aliphatic heterocycles. The molecule has 4 aromatic heterocycles. The van der Waals surface area contributed by atoms with Gasteiger partial charge in [-0.15, -0.1) is 10.2 Å². The molecule has 0 aliphatic rings. The van der Waals surface area contributed by atoms with Crippen LogP contribution in [0.4, 0.5) is 20.4 Å². The molecule has 5 aromatic rings. The fourth-order valence-electron chi connectivity index (χ4n) is 3.26. The molecule has 0 atom stereocenters. The maximum atomic E-state index is 12.8. The molecule has 0 N–H and O–H groups in total. The lowest BCUT2D eigenvalue weighted by Gasteiger charge is -2.19. The second kappa shape index (κ2) is 7.47. The Morgan fingerprint density at radius 1 is 1.00 bits per heavy atom. The topological polar surface area (TPSA) is 85.0 Å². The van der Waals surface area contributed by atoms with E-state index in [9.17, 15) is 8.78 Å². The van der Waals surface area contributed by atoms with E-state index < -0.39 is 6.43 Å². The van der Waals surface area contributed by atoms with E-state index in [1.54, 1.807) is 34.8 Å². The summed E-state index contributed by atoms with van der Waals surface area (Å²) in [6.45, 7) is 0. The standard InChI is InChI=1S/C20H13ClF2N8/c1-30(16-10-24-9-14(26-16)11-6-7-13(17(22)23)25-8-11)18-12-4-2-3-5-15(12)31-19(21)28-29-20(31)27-18/h2-10,17H,1H3. The summed E-state index contributed by atoms with van der Waals surface area (Å²) in [6.07, 6.45) is 1.86. The Kier molecular flexibility index (Phi) is 4.63. The number of halogens is 3. The van der Waals surface area contributed by atoms with Gasteiger partial charge in [0.25, 0.3) is 12.2 Å². The van der Waals surface area contributed by atoms with Crippen molar-refractivity contribution in [3.05, 3.63) is 66.0 Å². The third-order valence-electron chi connectivity index (χ3n) is 4.79. The van der Waals surface area contributed by atoms with E-state index in [-0.39, 0.29) is 11.0 Å². The molecule has 0 aliphatic carbocycles.